The van der Waals surface area contributed by atoms with Gasteiger partial charge in [0.1, 0.15) is 5.75 Å². The summed E-state index contributed by atoms with van der Waals surface area (Å²) < 4.78 is 5.44. The number of hydrogen-bond acceptors (Lipinski definition) is 3. The molecule has 0 aliphatic carbocycles. The first-order chi connectivity index (χ1) is 14.1. The van der Waals surface area contributed by atoms with Gasteiger partial charge in [-0.1, -0.05) is 29.8 Å². The number of amides is 1. The van der Waals surface area contributed by atoms with Gasteiger partial charge < -0.3 is 20.3 Å². The number of aryl methyl sites for hydroxylation is 1. The Bertz CT molecular complexity index is 862. The molecule has 1 aliphatic heterocycles. The van der Waals surface area contributed by atoms with Gasteiger partial charge in [-0.3, -0.25) is 9.79 Å². The number of carbonyl (C=O) groups is 1. The smallest absolute Gasteiger partial charge is 0.227 e. The lowest BCUT2D eigenvalue weighted by Gasteiger charge is -2.16. The largest absolute Gasteiger partial charge is 0.496 e. The van der Waals surface area contributed by atoms with Gasteiger partial charge in [-0.25, -0.2) is 0 Å². The van der Waals surface area contributed by atoms with Crippen LogP contribution in [0.15, 0.2) is 47.5 Å². The number of hydrogen-bond donors (Lipinski definition) is 2. The average molecular weight is 395 g/mol. The van der Waals surface area contributed by atoms with Gasteiger partial charge in [0.2, 0.25) is 5.91 Å². The Hall–Kier alpha value is -3.02. The third kappa shape index (κ3) is 5.50. The summed E-state index contributed by atoms with van der Waals surface area (Å²) in [5.74, 6) is 1.89. The quantitative estimate of drug-likeness (QED) is 0.560. The molecule has 1 fully saturated rings. The molecule has 1 aliphatic rings. The Morgan fingerprint density at radius 3 is 2.62 bits per heavy atom. The lowest BCUT2D eigenvalue weighted by molar-refractivity contribution is -0.117. The molecule has 6 heteroatoms. The number of carbonyl (C=O) groups excluding carboxylic acids is 1. The van der Waals surface area contributed by atoms with Gasteiger partial charge in [0.05, 0.1) is 7.11 Å². The first-order valence-electron chi connectivity index (χ1n) is 10.1. The van der Waals surface area contributed by atoms with Crippen molar-refractivity contribution in [2.45, 2.75) is 32.7 Å². The molecule has 2 aromatic carbocycles. The summed E-state index contributed by atoms with van der Waals surface area (Å²) >= 11 is 0. The number of nitrogens with zero attached hydrogens (tertiary/aromatic N) is 2. The molecule has 1 saturated heterocycles. The van der Waals surface area contributed by atoms with Gasteiger partial charge in [-0.05, 0) is 49.1 Å². The van der Waals surface area contributed by atoms with Crippen molar-refractivity contribution < 1.29 is 9.53 Å². The van der Waals surface area contributed by atoms with E-state index in [4.69, 9.17) is 4.74 Å². The van der Waals surface area contributed by atoms with Gasteiger partial charge in [-0.2, -0.15) is 0 Å². The van der Waals surface area contributed by atoms with Crippen LogP contribution < -0.4 is 20.3 Å². The molecule has 0 saturated carbocycles. The summed E-state index contributed by atoms with van der Waals surface area (Å²) in [5, 5.41) is 6.69. The van der Waals surface area contributed by atoms with E-state index in [1.165, 1.54) is 11.1 Å². The molecule has 0 aromatic heterocycles. The third-order valence-corrected chi connectivity index (χ3v) is 5.13. The minimum Gasteiger partial charge on any atom is -0.496 e. The van der Waals surface area contributed by atoms with Crippen LogP contribution >= 0.6 is 0 Å². The lowest BCUT2D eigenvalue weighted by atomic mass is 10.1. The molecule has 0 bridgehead atoms. The van der Waals surface area contributed by atoms with E-state index < -0.39 is 0 Å². The van der Waals surface area contributed by atoms with Crippen molar-refractivity contribution in [2.24, 2.45) is 4.99 Å². The Morgan fingerprint density at radius 2 is 1.97 bits per heavy atom. The molecule has 6 nitrogen and oxygen atoms in total. The second-order valence-corrected chi connectivity index (χ2v) is 7.23. The van der Waals surface area contributed by atoms with Crippen LogP contribution in [0.2, 0.25) is 0 Å². The molecule has 1 heterocycles. The van der Waals surface area contributed by atoms with E-state index in [0.717, 1.165) is 48.9 Å². The van der Waals surface area contributed by atoms with Crippen molar-refractivity contribution in [1.29, 1.82) is 0 Å². The van der Waals surface area contributed by atoms with E-state index in [1.807, 2.05) is 23.1 Å². The lowest BCUT2D eigenvalue weighted by Crippen LogP contribution is -2.37. The Morgan fingerprint density at radius 1 is 1.17 bits per heavy atom. The van der Waals surface area contributed by atoms with Crippen LogP contribution in [0.4, 0.5) is 5.69 Å². The highest BCUT2D eigenvalue weighted by Gasteiger charge is 2.21. The molecule has 3 rings (SSSR count). The van der Waals surface area contributed by atoms with E-state index in [1.54, 1.807) is 14.2 Å². The minimum atomic E-state index is 0.214. The molecule has 2 N–H and O–H groups in total. The van der Waals surface area contributed by atoms with Gasteiger partial charge >= 0.3 is 0 Å². The molecule has 1 amide bonds. The highest BCUT2D eigenvalue weighted by atomic mass is 16.5. The predicted molar refractivity (Wildman–Crippen MR) is 118 cm³/mol. The number of nitrogens with one attached hydrogen (secondary N) is 2. The number of rotatable bonds is 7. The SMILES string of the molecule is CN=C(NCCc1cc(C)ccc1OC)NCc1ccc(N2CCCC2=O)cc1. The van der Waals surface area contributed by atoms with Crippen LogP contribution in [0.25, 0.3) is 0 Å². The average Bonchev–Trinajstić information content (AvgIpc) is 3.17. The van der Waals surface area contributed by atoms with Crippen LogP contribution in [0.1, 0.15) is 29.5 Å². The van der Waals surface area contributed by atoms with E-state index in [0.29, 0.717) is 13.0 Å². The molecule has 154 valence electrons. The van der Waals surface area contributed by atoms with Gasteiger partial charge in [0.25, 0.3) is 0 Å². The van der Waals surface area contributed by atoms with E-state index in [-0.39, 0.29) is 5.91 Å². The number of guanidine groups is 1. The highest BCUT2D eigenvalue weighted by Crippen LogP contribution is 2.22. The molecule has 0 radical (unpaired) electrons. The van der Waals surface area contributed by atoms with Crippen LogP contribution in [0.3, 0.4) is 0 Å². The van der Waals surface area contributed by atoms with Crippen LogP contribution in [-0.2, 0) is 17.8 Å². The highest BCUT2D eigenvalue weighted by molar-refractivity contribution is 5.95. The topological polar surface area (TPSA) is 66.0 Å². The zero-order chi connectivity index (χ0) is 20.6. The van der Waals surface area contributed by atoms with E-state index >= 15 is 0 Å². The second-order valence-electron chi connectivity index (χ2n) is 7.23. The molecule has 2 aromatic rings. The normalized spacial score (nSPS) is 14.2. The minimum absolute atomic E-state index is 0.214. The van der Waals surface area contributed by atoms with Crippen LogP contribution in [0, 0.1) is 6.92 Å². The number of benzene rings is 2. The number of aliphatic imine (C=N–C) groups is 1. The summed E-state index contributed by atoms with van der Waals surface area (Å²) in [6.07, 6.45) is 2.45. The Labute approximate surface area is 173 Å². The number of methoxy groups -OCH3 is 1. The Balaban J connectivity index is 1.48. The summed E-state index contributed by atoms with van der Waals surface area (Å²) in [5.41, 5.74) is 4.53. The summed E-state index contributed by atoms with van der Waals surface area (Å²) in [4.78, 5) is 18.0. The maximum atomic E-state index is 11.9. The maximum Gasteiger partial charge on any atom is 0.227 e. The first-order valence-corrected chi connectivity index (χ1v) is 10.1. The fourth-order valence-electron chi connectivity index (χ4n) is 3.54. The van der Waals surface area contributed by atoms with Crippen molar-refractivity contribution >= 4 is 17.6 Å². The molecular weight excluding hydrogens is 364 g/mol. The van der Waals surface area contributed by atoms with Crippen molar-refractivity contribution in [2.75, 3.05) is 32.1 Å². The van der Waals surface area contributed by atoms with E-state index in [9.17, 15) is 4.79 Å². The summed E-state index contributed by atoms with van der Waals surface area (Å²) in [6.45, 7) is 4.33. The molecule has 29 heavy (non-hydrogen) atoms. The summed E-state index contributed by atoms with van der Waals surface area (Å²) in [7, 11) is 3.47. The maximum absolute atomic E-state index is 11.9. The number of anilines is 1. The van der Waals surface area contributed by atoms with Crippen LogP contribution in [-0.4, -0.2) is 39.1 Å². The first kappa shape index (κ1) is 20.7. The Kier molecular flexibility index (Phi) is 7.11. The summed E-state index contributed by atoms with van der Waals surface area (Å²) in [6, 6.07) is 14.4. The van der Waals surface area contributed by atoms with Gasteiger partial charge in [0.15, 0.2) is 5.96 Å². The van der Waals surface area contributed by atoms with Crippen molar-refractivity contribution in [3.63, 3.8) is 0 Å². The van der Waals surface area contributed by atoms with Gasteiger partial charge in [0, 0.05) is 38.8 Å². The zero-order valence-electron chi connectivity index (χ0n) is 17.5. The molecular formula is C23H30N4O2. The van der Waals surface area contributed by atoms with Crippen LogP contribution in [0.5, 0.6) is 5.75 Å². The predicted octanol–water partition coefficient (Wildman–Crippen LogP) is 3.04. The molecule has 0 spiro atoms. The van der Waals surface area contributed by atoms with Crippen molar-refractivity contribution in [1.82, 2.24) is 10.6 Å². The monoisotopic (exact) mass is 394 g/mol. The molecule has 0 atom stereocenters. The fourth-order valence-corrected chi connectivity index (χ4v) is 3.54. The third-order valence-electron chi connectivity index (χ3n) is 5.13. The molecule has 0 unspecified atom stereocenters. The van der Waals surface area contributed by atoms with Crippen molar-refractivity contribution in [3.05, 3.63) is 59.2 Å². The van der Waals surface area contributed by atoms with Crippen molar-refractivity contribution in [3.8, 4) is 5.75 Å². The zero-order valence-corrected chi connectivity index (χ0v) is 17.5. The van der Waals surface area contributed by atoms with E-state index in [2.05, 4.69) is 46.8 Å². The second kappa shape index (κ2) is 9.96. The fraction of sp³-hybridized carbons (Fsp3) is 0.391. The number of ether oxygens (including phenoxy) is 1. The standard InChI is InChI=1S/C23H30N4O2/c1-17-6-11-21(29-3)19(15-17)12-13-25-23(24-2)26-16-18-7-9-20(10-8-18)27-14-4-5-22(27)28/h6-11,15H,4-5,12-14,16H2,1-3H3,(H2,24,25,26). The van der Waals surface area contributed by atoms with Gasteiger partial charge in [-0.15, -0.1) is 0 Å².